The summed E-state index contributed by atoms with van der Waals surface area (Å²) in [5.41, 5.74) is -0.0284. The zero-order valence-corrected chi connectivity index (χ0v) is 9.22. The van der Waals surface area contributed by atoms with Gasteiger partial charge >= 0.3 is 11.9 Å². The van der Waals surface area contributed by atoms with Crippen molar-refractivity contribution in [3.05, 3.63) is 0 Å². The Balaban J connectivity index is 1.77. The van der Waals surface area contributed by atoms with Crippen molar-refractivity contribution in [1.29, 1.82) is 0 Å². The molecule has 0 spiro atoms. The average molecular weight is 230 g/mol. The van der Waals surface area contributed by atoms with E-state index >= 15 is 0 Å². The Kier molecular flexibility index (Phi) is 2.91. The lowest BCUT2D eigenvalue weighted by molar-refractivity contribution is -0.138. The predicted molar refractivity (Wildman–Crippen MR) is 55.7 cm³/mol. The van der Waals surface area contributed by atoms with Crippen LogP contribution in [0.15, 0.2) is 0 Å². The number of hydrogen-bond donors (Lipinski definition) is 1. The maximum atomic E-state index is 11.2. The van der Waals surface area contributed by atoms with Gasteiger partial charge in [0.25, 0.3) is 0 Å². The highest BCUT2D eigenvalue weighted by atomic mass is 32.2. The third-order valence-electron chi connectivity index (χ3n) is 2.96. The second kappa shape index (κ2) is 4.04. The topological polar surface area (TPSA) is 63.6 Å². The first kappa shape index (κ1) is 10.8. The summed E-state index contributed by atoms with van der Waals surface area (Å²) < 4.78 is 4.86. The second-order valence-corrected chi connectivity index (χ2v) is 5.52. The van der Waals surface area contributed by atoms with Gasteiger partial charge in [-0.25, -0.2) is 0 Å². The smallest absolute Gasteiger partial charge is 0.319 e. The molecule has 0 amide bonds. The molecule has 0 aromatic carbocycles. The van der Waals surface area contributed by atoms with Gasteiger partial charge in [0.15, 0.2) is 0 Å². The van der Waals surface area contributed by atoms with Crippen LogP contribution in [0.5, 0.6) is 0 Å². The summed E-state index contributed by atoms with van der Waals surface area (Å²) in [5, 5.41) is 8.67. The summed E-state index contributed by atoms with van der Waals surface area (Å²) in [7, 11) is 0. The van der Waals surface area contributed by atoms with E-state index in [4.69, 9.17) is 9.84 Å². The monoisotopic (exact) mass is 230 g/mol. The molecule has 1 atom stereocenters. The van der Waals surface area contributed by atoms with Gasteiger partial charge in [0, 0.05) is 12.2 Å². The van der Waals surface area contributed by atoms with E-state index in [0.717, 1.165) is 25.0 Å². The van der Waals surface area contributed by atoms with Gasteiger partial charge in [0.05, 0.1) is 13.0 Å². The lowest BCUT2D eigenvalue weighted by Gasteiger charge is -2.13. The van der Waals surface area contributed by atoms with Crippen molar-refractivity contribution in [1.82, 2.24) is 0 Å². The number of esters is 1. The molecule has 1 saturated carbocycles. The van der Waals surface area contributed by atoms with Gasteiger partial charge in [0.2, 0.25) is 0 Å². The van der Waals surface area contributed by atoms with E-state index in [-0.39, 0.29) is 23.1 Å². The van der Waals surface area contributed by atoms with Gasteiger partial charge < -0.3 is 9.84 Å². The number of hydrogen-bond acceptors (Lipinski definition) is 4. The predicted octanol–water partition coefficient (Wildman–Crippen LogP) is 1.29. The van der Waals surface area contributed by atoms with Crippen LogP contribution >= 0.6 is 11.8 Å². The van der Waals surface area contributed by atoms with Crippen LogP contribution in [0.25, 0.3) is 0 Å². The van der Waals surface area contributed by atoms with Crippen LogP contribution in [-0.4, -0.2) is 34.7 Å². The van der Waals surface area contributed by atoms with E-state index < -0.39 is 5.97 Å². The zero-order valence-electron chi connectivity index (χ0n) is 8.40. The number of ether oxygens (including phenoxy) is 1. The number of aliphatic carboxylic acids is 1. The summed E-state index contributed by atoms with van der Waals surface area (Å²) in [4.78, 5) is 21.8. The second-order valence-electron chi connectivity index (χ2n) is 4.33. The van der Waals surface area contributed by atoms with Crippen molar-refractivity contribution < 1.29 is 19.4 Å². The molecule has 84 valence electrons. The Labute approximate surface area is 92.4 Å². The number of carbonyl (C=O) groups is 2. The van der Waals surface area contributed by atoms with Crippen molar-refractivity contribution in [2.45, 2.75) is 30.9 Å². The van der Waals surface area contributed by atoms with E-state index in [1.54, 1.807) is 11.8 Å². The van der Waals surface area contributed by atoms with Crippen LogP contribution in [-0.2, 0) is 14.3 Å². The first-order chi connectivity index (χ1) is 7.11. The molecule has 2 aliphatic rings. The molecule has 1 unspecified atom stereocenters. The van der Waals surface area contributed by atoms with Crippen LogP contribution in [0.1, 0.15) is 25.7 Å². The molecule has 1 aliphatic carbocycles. The van der Waals surface area contributed by atoms with Gasteiger partial charge in [-0.05, 0) is 18.3 Å². The minimum Gasteiger partial charge on any atom is -0.481 e. The lowest BCUT2D eigenvalue weighted by Crippen LogP contribution is -2.16. The quantitative estimate of drug-likeness (QED) is 0.721. The lowest BCUT2D eigenvalue weighted by atomic mass is 10.1. The highest BCUT2D eigenvalue weighted by Crippen LogP contribution is 2.51. The molecule has 0 aromatic heterocycles. The molecular weight excluding hydrogens is 216 g/mol. The molecule has 2 fully saturated rings. The SMILES string of the molecule is O=C(O)CC1(CSC2CCOC2=O)CC1. The maximum absolute atomic E-state index is 11.2. The van der Waals surface area contributed by atoms with E-state index in [9.17, 15) is 9.59 Å². The van der Waals surface area contributed by atoms with Gasteiger partial charge in [-0.15, -0.1) is 11.8 Å². The van der Waals surface area contributed by atoms with E-state index in [1.165, 1.54) is 0 Å². The first-order valence-corrected chi connectivity index (χ1v) is 6.16. The molecule has 0 radical (unpaired) electrons. The number of rotatable bonds is 5. The van der Waals surface area contributed by atoms with Crippen molar-refractivity contribution in [2.75, 3.05) is 12.4 Å². The molecule has 2 rings (SSSR count). The van der Waals surface area contributed by atoms with E-state index in [0.29, 0.717) is 6.61 Å². The molecule has 5 heteroatoms. The van der Waals surface area contributed by atoms with E-state index in [2.05, 4.69) is 0 Å². The molecular formula is C10H14O4S. The number of carboxylic acids is 1. The molecule has 0 bridgehead atoms. The highest BCUT2D eigenvalue weighted by Gasteiger charge is 2.45. The number of carboxylic acid groups (broad SMARTS) is 1. The maximum Gasteiger partial charge on any atom is 0.319 e. The van der Waals surface area contributed by atoms with Gasteiger partial charge in [0.1, 0.15) is 5.25 Å². The fourth-order valence-corrected chi connectivity index (χ4v) is 3.19. The Morgan fingerprint density at radius 2 is 2.33 bits per heavy atom. The largest absolute Gasteiger partial charge is 0.481 e. The third kappa shape index (κ3) is 2.65. The minimum absolute atomic E-state index is 0.0284. The summed E-state index contributed by atoms with van der Waals surface area (Å²) in [5.74, 6) is -0.0905. The van der Waals surface area contributed by atoms with E-state index in [1.807, 2.05) is 0 Å². The molecule has 15 heavy (non-hydrogen) atoms. The van der Waals surface area contributed by atoms with Crippen LogP contribution in [0.2, 0.25) is 0 Å². The Morgan fingerprint density at radius 3 is 2.80 bits per heavy atom. The van der Waals surface area contributed by atoms with Crippen LogP contribution < -0.4 is 0 Å². The molecule has 1 aliphatic heterocycles. The zero-order chi connectivity index (χ0) is 10.9. The van der Waals surface area contributed by atoms with Gasteiger partial charge in [-0.2, -0.15) is 0 Å². The molecule has 1 saturated heterocycles. The minimum atomic E-state index is -0.734. The van der Waals surface area contributed by atoms with Crippen LogP contribution in [0, 0.1) is 5.41 Å². The standard InChI is InChI=1S/C10H14O4S/c11-8(12)5-10(2-3-10)6-15-7-1-4-14-9(7)13/h7H,1-6H2,(H,11,12). The average Bonchev–Trinajstić information content (AvgIpc) is 2.78. The highest BCUT2D eigenvalue weighted by molar-refractivity contribution is 8.00. The van der Waals surface area contributed by atoms with Crippen LogP contribution in [0.4, 0.5) is 0 Å². The number of thioether (sulfide) groups is 1. The first-order valence-electron chi connectivity index (χ1n) is 5.11. The van der Waals surface area contributed by atoms with Crippen LogP contribution in [0.3, 0.4) is 0 Å². The van der Waals surface area contributed by atoms with Crippen molar-refractivity contribution in [2.24, 2.45) is 5.41 Å². The third-order valence-corrected chi connectivity index (χ3v) is 4.57. The summed E-state index contributed by atoms with van der Waals surface area (Å²) >= 11 is 1.57. The molecule has 4 nitrogen and oxygen atoms in total. The normalized spacial score (nSPS) is 27.5. The Bertz CT molecular complexity index is 285. The number of cyclic esters (lactones) is 1. The van der Waals surface area contributed by atoms with Crippen molar-refractivity contribution >= 4 is 23.7 Å². The number of carbonyl (C=O) groups excluding carboxylic acids is 1. The fraction of sp³-hybridized carbons (Fsp3) is 0.800. The summed E-state index contributed by atoms with van der Waals surface area (Å²) in [6, 6.07) is 0. The van der Waals surface area contributed by atoms with Crippen molar-refractivity contribution in [3.63, 3.8) is 0 Å². The Morgan fingerprint density at radius 1 is 1.60 bits per heavy atom. The summed E-state index contributed by atoms with van der Waals surface area (Å²) in [6.45, 7) is 0.516. The van der Waals surface area contributed by atoms with Gasteiger partial charge in [-0.1, -0.05) is 0 Å². The van der Waals surface area contributed by atoms with Crippen molar-refractivity contribution in [3.8, 4) is 0 Å². The molecule has 0 aromatic rings. The van der Waals surface area contributed by atoms with Gasteiger partial charge in [-0.3, -0.25) is 9.59 Å². The molecule has 1 heterocycles. The molecule has 1 N–H and O–H groups in total. The Hall–Kier alpha value is -0.710. The summed E-state index contributed by atoms with van der Waals surface area (Å²) in [6.07, 6.45) is 2.97. The fourth-order valence-electron chi connectivity index (χ4n) is 1.78.